The fraction of sp³-hybridized carbons (Fsp3) is 0.346. The zero-order valence-corrected chi connectivity index (χ0v) is 18.4. The molecule has 0 saturated heterocycles. The maximum atomic E-state index is 12.1. The molecule has 0 fully saturated rings. The molecule has 0 atom stereocenters. The summed E-state index contributed by atoms with van der Waals surface area (Å²) in [6, 6.07) is 16.0. The van der Waals surface area contributed by atoms with E-state index in [1.807, 2.05) is 42.5 Å². The summed E-state index contributed by atoms with van der Waals surface area (Å²) in [6.07, 6.45) is 7.87. The van der Waals surface area contributed by atoms with Gasteiger partial charge in [0, 0.05) is 38.9 Å². The van der Waals surface area contributed by atoms with Gasteiger partial charge in [-0.25, -0.2) is 0 Å². The quantitative estimate of drug-likeness (QED) is 0.509. The van der Waals surface area contributed by atoms with E-state index in [-0.39, 0.29) is 43.7 Å². The van der Waals surface area contributed by atoms with Gasteiger partial charge in [-0.05, 0) is 41.5 Å². The first-order valence-electron chi connectivity index (χ1n) is 11.2. The molecule has 6 nitrogen and oxygen atoms in total. The lowest BCUT2D eigenvalue weighted by Crippen LogP contribution is -2.33. The first kappa shape index (κ1) is 23.3. The Morgan fingerprint density at radius 3 is 2.19 bits per heavy atom. The van der Waals surface area contributed by atoms with Gasteiger partial charge in [-0.3, -0.25) is 14.4 Å². The molecule has 1 aliphatic carbocycles. The summed E-state index contributed by atoms with van der Waals surface area (Å²) in [7, 11) is 0. The number of allylic oxidation sites excluding steroid dienone is 1. The van der Waals surface area contributed by atoms with E-state index in [1.54, 1.807) is 0 Å². The molecule has 3 rings (SSSR count). The number of carbonyl (C=O) groups excluding carboxylic acids is 3. The van der Waals surface area contributed by atoms with Gasteiger partial charge in [-0.1, -0.05) is 60.7 Å². The fourth-order valence-corrected chi connectivity index (χ4v) is 3.68. The van der Waals surface area contributed by atoms with Crippen LogP contribution in [0.1, 0.15) is 47.9 Å². The van der Waals surface area contributed by atoms with Gasteiger partial charge < -0.3 is 16.0 Å². The lowest BCUT2D eigenvalue weighted by molar-refractivity contribution is -0.122. The molecule has 168 valence electrons. The summed E-state index contributed by atoms with van der Waals surface area (Å²) in [5.74, 6) is -0.348. The summed E-state index contributed by atoms with van der Waals surface area (Å²) >= 11 is 0. The van der Waals surface area contributed by atoms with Crippen LogP contribution >= 0.6 is 0 Å². The van der Waals surface area contributed by atoms with E-state index < -0.39 is 0 Å². The average Bonchev–Trinajstić information content (AvgIpc) is 2.82. The molecular weight excluding hydrogens is 402 g/mol. The SMILES string of the molecule is O=C(CCNC(=O)CCc1ccccc1)NCCC(=O)NCc1cccc2c1C=CCC2. The predicted octanol–water partition coefficient (Wildman–Crippen LogP) is 2.91. The second-order valence-electron chi connectivity index (χ2n) is 7.89. The monoisotopic (exact) mass is 433 g/mol. The highest BCUT2D eigenvalue weighted by Crippen LogP contribution is 2.22. The van der Waals surface area contributed by atoms with Gasteiger partial charge in [0.15, 0.2) is 0 Å². The van der Waals surface area contributed by atoms with E-state index in [9.17, 15) is 14.4 Å². The Bertz CT molecular complexity index is 954. The highest BCUT2D eigenvalue weighted by atomic mass is 16.2. The predicted molar refractivity (Wildman–Crippen MR) is 126 cm³/mol. The zero-order chi connectivity index (χ0) is 22.6. The van der Waals surface area contributed by atoms with Crippen LogP contribution < -0.4 is 16.0 Å². The summed E-state index contributed by atoms with van der Waals surface area (Å²) in [6.45, 7) is 1.05. The molecule has 1 aliphatic rings. The van der Waals surface area contributed by atoms with Crippen molar-refractivity contribution >= 4 is 23.8 Å². The topological polar surface area (TPSA) is 87.3 Å². The Morgan fingerprint density at radius 2 is 1.44 bits per heavy atom. The number of hydrogen-bond acceptors (Lipinski definition) is 3. The molecule has 2 aromatic rings. The molecule has 3 amide bonds. The van der Waals surface area contributed by atoms with Crippen molar-refractivity contribution in [2.45, 2.75) is 45.1 Å². The largest absolute Gasteiger partial charge is 0.356 e. The summed E-state index contributed by atoms with van der Waals surface area (Å²) in [4.78, 5) is 35.9. The van der Waals surface area contributed by atoms with Crippen LogP contribution in [0.25, 0.3) is 6.08 Å². The number of benzene rings is 2. The third kappa shape index (κ3) is 7.69. The van der Waals surface area contributed by atoms with Crippen molar-refractivity contribution < 1.29 is 14.4 Å². The van der Waals surface area contributed by atoms with Gasteiger partial charge in [0.2, 0.25) is 17.7 Å². The number of carbonyl (C=O) groups is 3. The van der Waals surface area contributed by atoms with Crippen molar-refractivity contribution in [3.05, 3.63) is 76.9 Å². The van der Waals surface area contributed by atoms with Crippen molar-refractivity contribution in [1.29, 1.82) is 0 Å². The van der Waals surface area contributed by atoms with Crippen LogP contribution in [0.15, 0.2) is 54.6 Å². The van der Waals surface area contributed by atoms with Crippen molar-refractivity contribution in [1.82, 2.24) is 16.0 Å². The van der Waals surface area contributed by atoms with Crippen molar-refractivity contribution in [3.8, 4) is 0 Å². The lowest BCUT2D eigenvalue weighted by Gasteiger charge is -2.15. The van der Waals surface area contributed by atoms with Crippen LogP contribution in [-0.4, -0.2) is 30.8 Å². The highest BCUT2D eigenvalue weighted by molar-refractivity contribution is 5.80. The van der Waals surface area contributed by atoms with E-state index in [0.717, 1.165) is 24.0 Å². The summed E-state index contributed by atoms with van der Waals surface area (Å²) in [5.41, 5.74) is 4.75. The molecule has 0 saturated carbocycles. The average molecular weight is 434 g/mol. The summed E-state index contributed by atoms with van der Waals surface area (Å²) in [5, 5.41) is 8.42. The Hall–Kier alpha value is -3.41. The van der Waals surface area contributed by atoms with Gasteiger partial charge in [-0.2, -0.15) is 0 Å². The normalized spacial score (nSPS) is 12.0. The molecule has 0 heterocycles. The number of hydrogen-bond donors (Lipinski definition) is 3. The Kier molecular flexibility index (Phi) is 9.05. The van der Waals surface area contributed by atoms with E-state index in [2.05, 4.69) is 34.2 Å². The van der Waals surface area contributed by atoms with Gasteiger partial charge in [0.05, 0.1) is 0 Å². The second-order valence-corrected chi connectivity index (χ2v) is 7.89. The molecule has 2 aromatic carbocycles. The van der Waals surface area contributed by atoms with Gasteiger partial charge in [0.1, 0.15) is 0 Å². The van der Waals surface area contributed by atoms with Gasteiger partial charge in [-0.15, -0.1) is 0 Å². The maximum Gasteiger partial charge on any atom is 0.222 e. The molecule has 32 heavy (non-hydrogen) atoms. The third-order valence-electron chi connectivity index (χ3n) is 5.46. The van der Waals surface area contributed by atoms with Crippen LogP contribution in [0.2, 0.25) is 0 Å². The van der Waals surface area contributed by atoms with E-state index in [1.165, 1.54) is 11.1 Å². The van der Waals surface area contributed by atoms with Gasteiger partial charge >= 0.3 is 0 Å². The molecule has 0 radical (unpaired) electrons. The van der Waals surface area contributed by atoms with Crippen LogP contribution in [0, 0.1) is 0 Å². The van der Waals surface area contributed by atoms with E-state index >= 15 is 0 Å². The summed E-state index contributed by atoms with van der Waals surface area (Å²) < 4.78 is 0. The Balaban J connectivity index is 1.25. The van der Waals surface area contributed by atoms with Crippen LogP contribution in [0.4, 0.5) is 0 Å². The van der Waals surface area contributed by atoms with Crippen LogP contribution in [0.3, 0.4) is 0 Å². The zero-order valence-electron chi connectivity index (χ0n) is 18.4. The molecule has 3 N–H and O–H groups in total. The number of fused-ring (bicyclic) bond motifs is 1. The smallest absolute Gasteiger partial charge is 0.222 e. The molecule has 6 heteroatoms. The first-order valence-corrected chi connectivity index (χ1v) is 11.2. The molecule has 0 bridgehead atoms. The van der Waals surface area contributed by atoms with Gasteiger partial charge in [0.25, 0.3) is 0 Å². The molecule has 0 unspecified atom stereocenters. The molecule has 0 aliphatic heterocycles. The van der Waals surface area contributed by atoms with Crippen molar-refractivity contribution in [2.75, 3.05) is 13.1 Å². The lowest BCUT2D eigenvalue weighted by atomic mass is 9.93. The fourth-order valence-electron chi connectivity index (χ4n) is 3.68. The van der Waals surface area contributed by atoms with Crippen molar-refractivity contribution in [3.63, 3.8) is 0 Å². The van der Waals surface area contributed by atoms with Crippen LogP contribution in [-0.2, 0) is 33.8 Å². The maximum absolute atomic E-state index is 12.1. The number of amides is 3. The van der Waals surface area contributed by atoms with E-state index in [4.69, 9.17) is 0 Å². The molecule has 0 spiro atoms. The number of aryl methyl sites for hydroxylation is 2. The molecule has 0 aromatic heterocycles. The minimum absolute atomic E-state index is 0.0704. The first-order chi connectivity index (χ1) is 15.6. The minimum Gasteiger partial charge on any atom is -0.356 e. The molecular formula is C26H31N3O3. The third-order valence-corrected chi connectivity index (χ3v) is 5.46. The minimum atomic E-state index is -0.177. The van der Waals surface area contributed by atoms with E-state index in [0.29, 0.717) is 19.4 Å². The number of rotatable bonds is 11. The standard InChI is InChI=1S/C26H31N3O3/c30-24(14-13-20-7-2-1-3-8-20)27-17-15-25(31)28-18-16-26(32)29-19-22-11-6-10-21-9-4-5-12-23(21)22/h1-3,5-8,10-12H,4,9,13-19H2,(H,27,30)(H,28,31)(H,29,32). The Morgan fingerprint density at radius 1 is 0.750 bits per heavy atom. The number of nitrogens with one attached hydrogen (secondary N) is 3. The van der Waals surface area contributed by atoms with Crippen molar-refractivity contribution in [2.24, 2.45) is 0 Å². The Labute approximate surface area is 189 Å². The highest BCUT2D eigenvalue weighted by Gasteiger charge is 2.10. The second kappa shape index (κ2) is 12.4. The van der Waals surface area contributed by atoms with Crippen LogP contribution in [0.5, 0.6) is 0 Å².